The molecule has 4 rings (SSSR count). The Morgan fingerprint density at radius 1 is 1.26 bits per heavy atom. The van der Waals surface area contributed by atoms with E-state index in [4.69, 9.17) is 4.74 Å². The predicted molar refractivity (Wildman–Crippen MR) is 97.7 cm³/mol. The molecule has 0 aliphatic carbocycles. The monoisotopic (exact) mass is 394 g/mol. The van der Waals surface area contributed by atoms with Crippen molar-refractivity contribution in [2.45, 2.75) is 69.0 Å². The maximum Gasteiger partial charge on any atom is 0.244 e. The van der Waals surface area contributed by atoms with Crippen LogP contribution in [0, 0.1) is 0 Å². The number of ether oxygens (including phenoxy) is 1. The Morgan fingerprint density at radius 3 is 2.78 bits per heavy atom. The Bertz CT molecular complexity index is 898. The maximum absolute atomic E-state index is 12.9. The first-order chi connectivity index (χ1) is 12.9. The van der Waals surface area contributed by atoms with Crippen LogP contribution in [0.15, 0.2) is 17.3 Å². The van der Waals surface area contributed by atoms with Crippen molar-refractivity contribution in [2.75, 3.05) is 13.2 Å². The molecule has 4 heterocycles. The number of sulfonamides is 1. The maximum atomic E-state index is 12.9. The number of aromatic nitrogens is 5. The summed E-state index contributed by atoms with van der Waals surface area (Å²) in [6.45, 7) is 6.20. The Labute approximate surface area is 159 Å². The summed E-state index contributed by atoms with van der Waals surface area (Å²) in [6, 6.07) is -0.177. The summed E-state index contributed by atoms with van der Waals surface area (Å²) in [5.74, 6) is 1.66. The summed E-state index contributed by atoms with van der Waals surface area (Å²) < 4.78 is 37.5. The van der Waals surface area contributed by atoms with Gasteiger partial charge in [-0.15, -0.1) is 0 Å². The molecule has 1 fully saturated rings. The van der Waals surface area contributed by atoms with Gasteiger partial charge in [0.25, 0.3) is 0 Å². The highest BCUT2D eigenvalue weighted by Crippen LogP contribution is 2.27. The van der Waals surface area contributed by atoms with Gasteiger partial charge in [0.15, 0.2) is 5.82 Å². The lowest BCUT2D eigenvalue weighted by molar-refractivity contribution is 0.0662. The second-order valence-electron chi connectivity index (χ2n) is 7.52. The van der Waals surface area contributed by atoms with E-state index in [-0.39, 0.29) is 22.9 Å². The van der Waals surface area contributed by atoms with Gasteiger partial charge in [0.1, 0.15) is 10.7 Å². The molecule has 0 bridgehead atoms. The highest BCUT2D eigenvalue weighted by atomic mass is 32.2. The van der Waals surface area contributed by atoms with Crippen molar-refractivity contribution < 1.29 is 13.2 Å². The molecule has 1 saturated heterocycles. The second-order valence-corrected chi connectivity index (χ2v) is 9.24. The fourth-order valence-corrected chi connectivity index (χ4v) is 4.76. The van der Waals surface area contributed by atoms with Crippen molar-refractivity contribution in [3.05, 3.63) is 24.0 Å². The fourth-order valence-electron chi connectivity index (χ4n) is 3.59. The van der Waals surface area contributed by atoms with E-state index in [2.05, 4.69) is 19.9 Å². The van der Waals surface area contributed by atoms with Gasteiger partial charge in [0, 0.05) is 31.9 Å². The minimum Gasteiger partial charge on any atom is -0.381 e. The van der Waals surface area contributed by atoms with Crippen LogP contribution in [0.5, 0.6) is 0 Å². The Balaban J connectivity index is 1.53. The molecule has 2 aliphatic rings. The van der Waals surface area contributed by atoms with Gasteiger partial charge in [-0.3, -0.25) is 4.68 Å². The van der Waals surface area contributed by atoms with E-state index < -0.39 is 10.0 Å². The molecule has 10 heteroatoms. The van der Waals surface area contributed by atoms with Crippen LogP contribution >= 0.6 is 0 Å². The van der Waals surface area contributed by atoms with Crippen LogP contribution in [0.3, 0.4) is 0 Å². The summed E-state index contributed by atoms with van der Waals surface area (Å²) in [7, 11) is -3.68. The van der Waals surface area contributed by atoms with Crippen LogP contribution in [0.2, 0.25) is 0 Å². The van der Waals surface area contributed by atoms with Crippen LogP contribution in [0.25, 0.3) is 0 Å². The highest BCUT2D eigenvalue weighted by molar-refractivity contribution is 7.89. The van der Waals surface area contributed by atoms with E-state index in [1.807, 2.05) is 18.5 Å². The smallest absolute Gasteiger partial charge is 0.244 e. The van der Waals surface area contributed by atoms with Crippen molar-refractivity contribution >= 4 is 10.0 Å². The number of nitrogens with one attached hydrogen (secondary N) is 1. The lowest BCUT2D eigenvalue weighted by atomic mass is 10.1. The molecule has 0 amide bonds. The molecule has 1 N–H and O–H groups in total. The van der Waals surface area contributed by atoms with Gasteiger partial charge >= 0.3 is 0 Å². The predicted octanol–water partition coefficient (Wildman–Crippen LogP) is 1.76. The van der Waals surface area contributed by atoms with E-state index in [1.54, 1.807) is 10.9 Å². The average molecular weight is 395 g/mol. The summed E-state index contributed by atoms with van der Waals surface area (Å²) in [5, 5.41) is 8.79. The van der Waals surface area contributed by atoms with Gasteiger partial charge in [-0.1, -0.05) is 13.8 Å². The molecule has 1 unspecified atom stereocenters. The number of hydrogen-bond acceptors (Lipinski definition) is 6. The van der Waals surface area contributed by atoms with E-state index in [0.717, 1.165) is 31.6 Å². The SMILES string of the molecule is CC(C)c1nc2n(n1)CCCC2NS(=O)(=O)c1cnn(C2CCOCC2)c1. The fraction of sp³-hybridized carbons (Fsp3) is 0.706. The molecule has 2 aromatic heterocycles. The third kappa shape index (κ3) is 3.78. The van der Waals surface area contributed by atoms with Crippen LogP contribution < -0.4 is 4.72 Å². The van der Waals surface area contributed by atoms with Crippen molar-refractivity contribution in [3.63, 3.8) is 0 Å². The van der Waals surface area contributed by atoms with Crippen molar-refractivity contribution in [1.82, 2.24) is 29.3 Å². The second kappa shape index (κ2) is 7.33. The van der Waals surface area contributed by atoms with Crippen molar-refractivity contribution in [2.24, 2.45) is 0 Å². The molecule has 0 aromatic carbocycles. The Hall–Kier alpha value is -1.78. The first-order valence-electron chi connectivity index (χ1n) is 9.53. The third-order valence-corrected chi connectivity index (χ3v) is 6.58. The van der Waals surface area contributed by atoms with Gasteiger partial charge in [0.2, 0.25) is 10.0 Å². The van der Waals surface area contributed by atoms with Crippen molar-refractivity contribution in [3.8, 4) is 0 Å². The van der Waals surface area contributed by atoms with Gasteiger partial charge in [-0.25, -0.2) is 22.8 Å². The Morgan fingerprint density at radius 2 is 2.04 bits per heavy atom. The topological polar surface area (TPSA) is 104 Å². The highest BCUT2D eigenvalue weighted by Gasteiger charge is 2.30. The zero-order valence-electron chi connectivity index (χ0n) is 15.7. The molecule has 0 spiro atoms. The molecule has 148 valence electrons. The number of hydrogen-bond donors (Lipinski definition) is 1. The Kier molecular flexibility index (Phi) is 5.04. The standard InChI is InChI=1S/C17H26N6O3S/c1-12(2)16-19-17-15(4-3-7-22(17)20-16)21-27(24,25)14-10-18-23(11-14)13-5-8-26-9-6-13/h10-13,15,21H,3-9H2,1-2H3. The molecule has 0 radical (unpaired) electrons. The molecule has 9 nitrogen and oxygen atoms in total. The van der Waals surface area contributed by atoms with Crippen LogP contribution in [0.4, 0.5) is 0 Å². The molecular weight excluding hydrogens is 368 g/mol. The van der Waals surface area contributed by atoms with Gasteiger partial charge in [-0.2, -0.15) is 10.2 Å². The minimum atomic E-state index is -3.68. The van der Waals surface area contributed by atoms with E-state index in [1.165, 1.54) is 6.20 Å². The summed E-state index contributed by atoms with van der Waals surface area (Å²) in [4.78, 5) is 4.77. The first-order valence-corrected chi connectivity index (χ1v) is 11.0. The molecule has 2 aliphatic heterocycles. The third-order valence-electron chi connectivity index (χ3n) is 5.16. The molecule has 2 aromatic rings. The van der Waals surface area contributed by atoms with Crippen LogP contribution in [-0.2, 0) is 21.3 Å². The summed E-state index contributed by atoms with van der Waals surface area (Å²) in [6.07, 6.45) is 6.30. The van der Waals surface area contributed by atoms with E-state index in [0.29, 0.717) is 25.5 Å². The lowest BCUT2D eigenvalue weighted by Crippen LogP contribution is -2.33. The zero-order chi connectivity index (χ0) is 19.0. The van der Waals surface area contributed by atoms with Crippen LogP contribution in [-0.4, -0.2) is 46.2 Å². The van der Waals surface area contributed by atoms with Crippen LogP contribution in [0.1, 0.15) is 69.2 Å². The molecule has 1 atom stereocenters. The van der Waals surface area contributed by atoms with E-state index in [9.17, 15) is 8.42 Å². The molecule has 27 heavy (non-hydrogen) atoms. The quantitative estimate of drug-likeness (QED) is 0.829. The molecular formula is C17H26N6O3S. The van der Waals surface area contributed by atoms with E-state index >= 15 is 0 Å². The number of rotatable bonds is 5. The average Bonchev–Trinajstić information content (AvgIpc) is 3.30. The summed E-state index contributed by atoms with van der Waals surface area (Å²) in [5.41, 5.74) is 0. The van der Waals surface area contributed by atoms with Gasteiger partial charge in [0.05, 0.1) is 18.3 Å². The lowest BCUT2D eigenvalue weighted by Gasteiger charge is -2.23. The zero-order valence-corrected chi connectivity index (χ0v) is 16.5. The number of fused-ring (bicyclic) bond motifs is 1. The minimum absolute atomic E-state index is 0.189. The van der Waals surface area contributed by atoms with Gasteiger partial charge in [-0.05, 0) is 25.7 Å². The van der Waals surface area contributed by atoms with Crippen molar-refractivity contribution in [1.29, 1.82) is 0 Å². The molecule has 0 saturated carbocycles. The number of aryl methyl sites for hydroxylation is 1. The largest absolute Gasteiger partial charge is 0.381 e. The first kappa shape index (κ1) is 18.6. The number of nitrogens with zero attached hydrogens (tertiary/aromatic N) is 5. The normalized spacial score (nSPS) is 21.5. The summed E-state index contributed by atoms with van der Waals surface area (Å²) >= 11 is 0. The van der Waals surface area contributed by atoms with Gasteiger partial charge < -0.3 is 4.74 Å².